The maximum Gasteiger partial charge on any atom is 0.331 e. The van der Waals surface area contributed by atoms with Crippen molar-refractivity contribution in [2.24, 2.45) is 0 Å². The standard InChI is InChI=1S/C13H13NO4/c1-8(13(17)18)7-12(16)14-11-5-3-10(4-6-11)9(2)15/h3-6H,1,7H2,2H3,(H,14,16)(H,17,18). The zero-order chi connectivity index (χ0) is 13.7. The molecule has 1 amide bonds. The van der Waals surface area contributed by atoms with Gasteiger partial charge in [-0.05, 0) is 31.2 Å². The minimum atomic E-state index is -1.20. The first kappa shape index (κ1) is 13.6. The van der Waals surface area contributed by atoms with E-state index in [2.05, 4.69) is 11.9 Å². The van der Waals surface area contributed by atoms with Gasteiger partial charge in [0.25, 0.3) is 0 Å². The summed E-state index contributed by atoms with van der Waals surface area (Å²) in [5, 5.41) is 11.1. The number of nitrogens with one attached hydrogen (secondary N) is 1. The molecular weight excluding hydrogens is 234 g/mol. The monoisotopic (exact) mass is 247 g/mol. The quantitative estimate of drug-likeness (QED) is 0.614. The number of benzene rings is 1. The van der Waals surface area contributed by atoms with Gasteiger partial charge in [0.1, 0.15) is 0 Å². The lowest BCUT2D eigenvalue weighted by molar-refractivity contribution is -0.133. The van der Waals surface area contributed by atoms with Crippen LogP contribution in [0.15, 0.2) is 36.4 Å². The fourth-order valence-corrected chi connectivity index (χ4v) is 1.26. The lowest BCUT2D eigenvalue weighted by atomic mass is 10.1. The molecule has 0 aliphatic carbocycles. The van der Waals surface area contributed by atoms with Gasteiger partial charge in [0.05, 0.1) is 6.42 Å². The summed E-state index contributed by atoms with van der Waals surface area (Å²) in [6.45, 7) is 4.72. The van der Waals surface area contributed by atoms with E-state index in [1.807, 2.05) is 0 Å². The molecular formula is C13H13NO4. The summed E-state index contributed by atoms with van der Waals surface area (Å²) in [5.41, 5.74) is 0.874. The predicted molar refractivity (Wildman–Crippen MR) is 66.5 cm³/mol. The maximum atomic E-state index is 11.4. The molecule has 0 saturated heterocycles. The Bertz CT molecular complexity index is 502. The van der Waals surface area contributed by atoms with Gasteiger partial charge in [-0.15, -0.1) is 0 Å². The summed E-state index contributed by atoms with van der Waals surface area (Å²) in [7, 11) is 0. The van der Waals surface area contributed by atoms with Gasteiger partial charge in [-0.2, -0.15) is 0 Å². The number of carbonyl (C=O) groups excluding carboxylic acids is 2. The van der Waals surface area contributed by atoms with Crippen molar-refractivity contribution in [3.05, 3.63) is 42.0 Å². The van der Waals surface area contributed by atoms with Crippen molar-refractivity contribution >= 4 is 23.3 Å². The molecule has 0 unspecified atom stereocenters. The number of ketones is 1. The number of aliphatic carboxylic acids is 1. The Morgan fingerprint density at radius 1 is 1.22 bits per heavy atom. The van der Waals surface area contributed by atoms with Crippen molar-refractivity contribution in [3.8, 4) is 0 Å². The molecule has 2 N–H and O–H groups in total. The number of amides is 1. The second kappa shape index (κ2) is 5.77. The first-order valence-corrected chi connectivity index (χ1v) is 5.22. The summed E-state index contributed by atoms with van der Waals surface area (Å²) < 4.78 is 0. The molecule has 0 aliphatic rings. The van der Waals surface area contributed by atoms with E-state index in [0.717, 1.165) is 0 Å². The number of carbonyl (C=O) groups is 3. The number of carboxylic acid groups (broad SMARTS) is 1. The smallest absolute Gasteiger partial charge is 0.331 e. The van der Waals surface area contributed by atoms with Crippen molar-refractivity contribution in [2.75, 3.05) is 5.32 Å². The second-order valence-electron chi connectivity index (χ2n) is 3.77. The predicted octanol–water partition coefficient (Wildman–Crippen LogP) is 1.86. The van der Waals surface area contributed by atoms with Crippen LogP contribution in [0.25, 0.3) is 0 Å². The van der Waals surface area contributed by atoms with Crippen LogP contribution in [0.2, 0.25) is 0 Å². The fraction of sp³-hybridized carbons (Fsp3) is 0.154. The van der Waals surface area contributed by atoms with Crippen LogP contribution in [-0.2, 0) is 9.59 Å². The van der Waals surface area contributed by atoms with Gasteiger partial charge in [0.2, 0.25) is 5.91 Å². The molecule has 5 nitrogen and oxygen atoms in total. The van der Waals surface area contributed by atoms with Gasteiger partial charge >= 0.3 is 5.97 Å². The summed E-state index contributed by atoms with van der Waals surface area (Å²) in [4.78, 5) is 33.0. The van der Waals surface area contributed by atoms with E-state index in [4.69, 9.17) is 5.11 Å². The van der Waals surface area contributed by atoms with Crippen molar-refractivity contribution in [1.29, 1.82) is 0 Å². The number of anilines is 1. The molecule has 0 aliphatic heterocycles. The number of rotatable bonds is 5. The normalized spacial score (nSPS) is 9.61. The van der Waals surface area contributed by atoms with Crippen molar-refractivity contribution in [3.63, 3.8) is 0 Å². The lowest BCUT2D eigenvalue weighted by Gasteiger charge is -2.05. The van der Waals surface area contributed by atoms with E-state index in [0.29, 0.717) is 11.3 Å². The minimum absolute atomic E-state index is 0.0628. The molecule has 0 aromatic heterocycles. The van der Waals surface area contributed by atoms with E-state index in [-0.39, 0.29) is 17.8 Å². The number of hydrogen-bond donors (Lipinski definition) is 2. The summed E-state index contributed by atoms with van der Waals surface area (Å²) in [5.74, 6) is -1.72. The zero-order valence-electron chi connectivity index (χ0n) is 9.90. The van der Waals surface area contributed by atoms with Crippen LogP contribution in [-0.4, -0.2) is 22.8 Å². The van der Waals surface area contributed by atoms with E-state index >= 15 is 0 Å². The number of carboxylic acids is 1. The topological polar surface area (TPSA) is 83.5 Å². The van der Waals surface area contributed by atoms with E-state index in [1.165, 1.54) is 6.92 Å². The van der Waals surface area contributed by atoms with Crippen LogP contribution in [0, 0.1) is 0 Å². The van der Waals surface area contributed by atoms with Gasteiger partial charge in [-0.3, -0.25) is 9.59 Å². The molecule has 0 heterocycles. The highest BCUT2D eigenvalue weighted by Crippen LogP contribution is 2.11. The summed E-state index contributed by atoms with van der Waals surface area (Å²) >= 11 is 0. The second-order valence-corrected chi connectivity index (χ2v) is 3.77. The van der Waals surface area contributed by atoms with Gasteiger partial charge in [-0.25, -0.2) is 4.79 Å². The summed E-state index contributed by atoms with van der Waals surface area (Å²) in [6, 6.07) is 6.34. The minimum Gasteiger partial charge on any atom is -0.478 e. The van der Waals surface area contributed by atoms with E-state index in [9.17, 15) is 14.4 Å². The number of Topliss-reactive ketones (excluding diaryl/α,β-unsaturated/α-hetero) is 1. The maximum absolute atomic E-state index is 11.4. The molecule has 0 spiro atoms. The molecule has 0 atom stereocenters. The summed E-state index contributed by atoms with van der Waals surface area (Å²) in [6.07, 6.45) is -0.274. The Hall–Kier alpha value is -2.43. The Morgan fingerprint density at radius 3 is 2.22 bits per heavy atom. The van der Waals surface area contributed by atoms with Crippen LogP contribution >= 0.6 is 0 Å². The zero-order valence-corrected chi connectivity index (χ0v) is 9.90. The van der Waals surface area contributed by atoms with Crippen LogP contribution in [0.5, 0.6) is 0 Å². The van der Waals surface area contributed by atoms with Crippen molar-refractivity contribution < 1.29 is 19.5 Å². The Kier molecular flexibility index (Phi) is 4.37. The third kappa shape index (κ3) is 3.86. The first-order chi connectivity index (χ1) is 8.40. The third-order valence-electron chi connectivity index (χ3n) is 2.25. The van der Waals surface area contributed by atoms with Crippen LogP contribution in [0.1, 0.15) is 23.7 Å². The molecule has 0 bridgehead atoms. The van der Waals surface area contributed by atoms with Gasteiger partial charge in [0.15, 0.2) is 5.78 Å². The molecule has 1 rings (SSSR count). The molecule has 0 radical (unpaired) electrons. The number of hydrogen-bond acceptors (Lipinski definition) is 3. The fourth-order valence-electron chi connectivity index (χ4n) is 1.26. The molecule has 1 aromatic carbocycles. The largest absolute Gasteiger partial charge is 0.478 e. The highest BCUT2D eigenvalue weighted by atomic mass is 16.4. The highest BCUT2D eigenvalue weighted by molar-refractivity contribution is 5.99. The van der Waals surface area contributed by atoms with Crippen molar-refractivity contribution in [1.82, 2.24) is 0 Å². The van der Waals surface area contributed by atoms with Crippen LogP contribution < -0.4 is 5.32 Å². The molecule has 94 valence electrons. The third-order valence-corrected chi connectivity index (χ3v) is 2.25. The molecule has 1 aromatic rings. The SMILES string of the molecule is C=C(CC(=O)Nc1ccc(C(C)=O)cc1)C(=O)O. The van der Waals surface area contributed by atoms with Gasteiger partial charge in [0, 0.05) is 16.8 Å². The Balaban J connectivity index is 2.62. The van der Waals surface area contributed by atoms with Crippen molar-refractivity contribution in [2.45, 2.75) is 13.3 Å². The molecule has 0 fully saturated rings. The van der Waals surface area contributed by atoms with E-state index < -0.39 is 11.9 Å². The molecule has 5 heteroatoms. The average Bonchev–Trinajstić information content (AvgIpc) is 2.29. The van der Waals surface area contributed by atoms with Crippen LogP contribution in [0.3, 0.4) is 0 Å². The van der Waals surface area contributed by atoms with Gasteiger partial charge in [-0.1, -0.05) is 6.58 Å². The Morgan fingerprint density at radius 2 is 1.78 bits per heavy atom. The highest BCUT2D eigenvalue weighted by Gasteiger charge is 2.10. The van der Waals surface area contributed by atoms with E-state index in [1.54, 1.807) is 24.3 Å². The van der Waals surface area contributed by atoms with Crippen LogP contribution in [0.4, 0.5) is 5.69 Å². The molecule has 18 heavy (non-hydrogen) atoms. The van der Waals surface area contributed by atoms with Gasteiger partial charge < -0.3 is 10.4 Å². The molecule has 0 saturated carbocycles. The first-order valence-electron chi connectivity index (χ1n) is 5.22. The average molecular weight is 247 g/mol. The Labute approximate surface area is 104 Å². The lowest BCUT2D eigenvalue weighted by Crippen LogP contribution is -2.14.